The highest BCUT2D eigenvalue weighted by Crippen LogP contribution is 2.30. The lowest BCUT2D eigenvalue weighted by molar-refractivity contribution is -0.138. The number of carbonyl (C=O) groups excluding carboxylic acids is 1. The highest BCUT2D eigenvalue weighted by molar-refractivity contribution is 7.80. The standard InChI is InChI=1S/C14H24N2OS/c1-10-2-4-12(5-3-10)14(17)16-8-6-11(7-9-16)13(15)18/h10-12H,2-9H2,1H3,(H2,15,18). The van der Waals surface area contributed by atoms with Crippen molar-refractivity contribution in [3.63, 3.8) is 0 Å². The normalized spacial score (nSPS) is 30.2. The smallest absolute Gasteiger partial charge is 0.225 e. The number of carbonyl (C=O) groups is 1. The van der Waals surface area contributed by atoms with E-state index in [1.54, 1.807) is 0 Å². The van der Waals surface area contributed by atoms with Crippen molar-refractivity contribution in [3.05, 3.63) is 0 Å². The Morgan fingerprint density at radius 1 is 1.06 bits per heavy atom. The molecule has 2 fully saturated rings. The van der Waals surface area contributed by atoms with Crippen molar-refractivity contribution in [2.24, 2.45) is 23.5 Å². The summed E-state index contributed by atoms with van der Waals surface area (Å²) in [6.07, 6.45) is 6.47. The predicted molar refractivity (Wildman–Crippen MR) is 77.2 cm³/mol. The van der Waals surface area contributed by atoms with Crippen LogP contribution in [0, 0.1) is 17.8 Å². The second-order valence-corrected chi connectivity index (χ2v) is 6.43. The summed E-state index contributed by atoms with van der Waals surface area (Å²) >= 11 is 5.03. The molecule has 1 aliphatic carbocycles. The molecule has 2 rings (SSSR count). The minimum atomic E-state index is 0.280. The van der Waals surface area contributed by atoms with Crippen LogP contribution in [-0.2, 0) is 4.79 Å². The van der Waals surface area contributed by atoms with Crippen molar-refractivity contribution in [2.45, 2.75) is 45.4 Å². The molecule has 18 heavy (non-hydrogen) atoms. The summed E-state index contributed by atoms with van der Waals surface area (Å²) < 4.78 is 0. The fourth-order valence-electron chi connectivity index (χ4n) is 3.15. The Morgan fingerprint density at radius 2 is 1.61 bits per heavy atom. The van der Waals surface area contributed by atoms with Crippen LogP contribution in [-0.4, -0.2) is 28.9 Å². The fraction of sp³-hybridized carbons (Fsp3) is 0.857. The van der Waals surface area contributed by atoms with Gasteiger partial charge in [0.1, 0.15) is 0 Å². The topological polar surface area (TPSA) is 46.3 Å². The molecule has 0 bridgehead atoms. The van der Waals surface area contributed by atoms with Gasteiger partial charge >= 0.3 is 0 Å². The van der Waals surface area contributed by atoms with Gasteiger partial charge in [-0.2, -0.15) is 0 Å². The number of piperidine rings is 1. The number of hydrogen-bond acceptors (Lipinski definition) is 2. The molecule has 102 valence electrons. The van der Waals surface area contributed by atoms with E-state index in [1.165, 1.54) is 12.8 Å². The largest absolute Gasteiger partial charge is 0.393 e. The SMILES string of the molecule is CC1CCC(C(=O)N2CCC(C(N)=S)CC2)CC1. The lowest BCUT2D eigenvalue weighted by Gasteiger charge is -2.35. The Bertz CT molecular complexity index is 316. The van der Waals surface area contributed by atoms with Crippen molar-refractivity contribution in [1.82, 2.24) is 4.90 Å². The highest BCUT2D eigenvalue weighted by atomic mass is 32.1. The first-order valence-corrected chi connectivity index (χ1v) is 7.57. The summed E-state index contributed by atoms with van der Waals surface area (Å²) in [5.74, 6) is 1.80. The van der Waals surface area contributed by atoms with Crippen LogP contribution in [0.15, 0.2) is 0 Å². The third-order valence-electron chi connectivity index (χ3n) is 4.57. The second-order valence-electron chi connectivity index (χ2n) is 5.96. The summed E-state index contributed by atoms with van der Waals surface area (Å²) in [7, 11) is 0. The molecule has 1 amide bonds. The molecular weight excluding hydrogens is 244 g/mol. The summed E-state index contributed by atoms with van der Waals surface area (Å²) in [4.78, 5) is 15.1. The third kappa shape index (κ3) is 3.22. The van der Waals surface area contributed by atoms with E-state index in [0.717, 1.165) is 44.7 Å². The van der Waals surface area contributed by atoms with Crippen LogP contribution < -0.4 is 5.73 Å². The number of thiocarbonyl (C=S) groups is 1. The molecule has 3 nitrogen and oxygen atoms in total. The van der Waals surface area contributed by atoms with Gasteiger partial charge in [-0.1, -0.05) is 19.1 Å². The van der Waals surface area contributed by atoms with Gasteiger partial charge in [0, 0.05) is 24.9 Å². The van der Waals surface area contributed by atoms with Gasteiger partial charge in [-0.25, -0.2) is 0 Å². The lowest BCUT2D eigenvalue weighted by atomic mass is 9.82. The quantitative estimate of drug-likeness (QED) is 0.782. The molecule has 0 aromatic carbocycles. The minimum Gasteiger partial charge on any atom is -0.393 e. The number of amides is 1. The first kappa shape index (κ1) is 13.8. The predicted octanol–water partition coefficient (Wildman–Crippen LogP) is 2.34. The fourth-order valence-corrected chi connectivity index (χ4v) is 3.39. The van der Waals surface area contributed by atoms with Crippen LogP contribution in [0.25, 0.3) is 0 Å². The van der Waals surface area contributed by atoms with Gasteiger partial charge in [0.15, 0.2) is 0 Å². The molecule has 0 spiro atoms. The zero-order chi connectivity index (χ0) is 13.1. The molecule has 0 aromatic heterocycles. The van der Waals surface area contributed by atoms with Crippen LogP contribution in [0.5, 0.6) is 0 Å². The van der Waals surface area contributed by atoms with Crippen LogP contribution in [0.4, 0.5) is 0 Å². The number of likely N-dealkylation sites (tertiary alicyclic amines) is 1. The molecule has 2 aliphatic rings. The summed E-state index contributed by atoms with van der Waals surface area (Å²) in [6, 6.07) is 0. The van der Waals surface area contributed by atoms with E-state index >= 15 is 0 Å². The number of nitrogens with two attached hydrogens (primary N) is 1. The zero-order valence-electron chi connectivity index (χ0n) is 11.2. The second kappa shape index (κ2) is 6.00. The molecule has 1 aliphatic heterocycles. The molecule has 1 heterocycles. The average molecular weight is 268 g/mol. The Morgan fingerprint density at radius 3 is 2.11 bits per heavy atom. The van der Waals surface area contributed by atoms with Gasteiger partial charge in [-0.3, -0.25) is 4.79 Å². The zero-order valence-corrected chi connectivity index (χ0v) is 12.0. The van der Waals surface area contributed by atoms with Gasteiger partial charge in [0.2, 0.25) is 5.91 Å². The average Bonchev–Trinajstić information content (AvgIpc) is 2.39. The van der Waals surface area contributed by atoms with Crippen LogP contribution in [0.1, 0.15) is 45.4 Å². The maximum Gasteiger partial charge on any atom is 0.225 e. The Hall–Kier alpha value is -0.640. The first-order valence-electron chi connectivity index (χ1n) is 7.16. The van der Waals surface area contributed by atoms with Gasteiger partial charge in [-0.05, 0) is 44.4 Å². The molecule has 0 unspecified atom stereocenters. The maximum atomic E-state index is 12.4. The molecule has 1 saturated heterocycles. The number of hydrogen-bond donors (Lipinski definition) is 1. The van der Waals surface area contributed by atoms with E-state index in [-0.39, 0.29) is 5.92 Å². The Kier molecular flexibility index (Phi) is 4.60. The molecule has 0 aromatic rings. The van der Waals surface area contributed by atoms with Gasteiger partial charge in [0.25, 0.3) is 0 Å². The monoisotopic (exact) mass is 268 g/mol. The van der Waals surface area contributed by atoms with E-state index in [9.17, 15) is 4.79 Å². The van der Waals surface area contributed by atoms with E-state index in [2.05, 4.69) is 6.92 Å². The van der Waals surface area contributed by atoms with Gasteiger partial charge in [0.05, 0.1) is 4.99 Å². The summed E-state index contributed by atoms with van der Waals surface area (Å²) in [5, 5.41) is 0. The van der Waals surface area contributed by atoms with Crippen LogP contribution in [0.3, 0.4) is 0 Å². The van der Waals surface area contributed by atoms with E-state index in [4.69, 9.17) is 18.0 Å². The number of nitrogens with zero attached hydrogens (tertiary/aromatic N) is 1. The van der Waals surface area contributed by atoms with E-state index < -0.39 is 0 Å². The molecule has 0 radical (unpaired) electrons. The summed E-state index contributed by atoms with van der Waals surface area (Å²) in [5.41, 5.74) is 5.67. The maximum absolute atomic E-state index is 12.4. The van der Waals surface area contributed by atoms with Crippen LogP contribution >= 0.6 is 12.2 Å². The Balaban J connectivity index is 1.82. The van der Waals surface area contributed by atoms with Crippen molar-refractivity contribution in [1.29, 1.82) is 0 Å². The summed E-state index contributed by atoms with van der Waals surface area (Å²) in [6.45, 7) is 3.97. The van der Waals surface area contributed by atoms with Crippen molar-refractivity contribution in [3.8, 4) is 0 Å². The molecule has 2 N–H and O–H groups in total. The van der Waals surface area contributed by atoms with Gasteiger partial charge < -0.3 is 10.6 Å². The highest BCUT2D eigenvalue weighted by Gasteiger charge is 2.30. The van der Waals surface area contributed by atoms with Crippen LogP contribution in [0.2, 0.25) is 0 Å². The minimum absolute atomic E-state index is 0.280. The van der Waals surface area contributed by atoms with Crippen molar-refractivity contribution >= 4 is 23.1 Å². The third-order valence-corrected chi connectivity index (χ3v) is 4.91. The number of rotatable bonds is 2. The Labute approximate surface area is 115 Å². The van der Waals surface area contributed by atoms with E-state index in [0.29, 0.717) is 16.8 Å². The molecule has 0 atom stereocenters. The first-order chi connectivity index (χ1) is 8.58. The molecule has 1 saturated carbocycles. The van der Waals surface area contributed by atoms with Gasteiger partial charge in [-0.15, -0.1) is 0 Å². The molecule has 4 heteroatoms. The van der Waals surface area contributed by atoms with Crippen molar-refractivity contribution < 1.29 is 4.79 Å². The lowest BCUT2D eigenvalue weighted by Crippen LogP contribution is -2.44. The van der Waals surface area contributed by atoms with E-state index in [1.807, 2.05) is 4.90 Å². The molecular formula is C14H24N2OS. The van der Waals surface area contributed by atoms with Crippen molar-refractivity contribution in [2.75, 3.05) is 13.1 Å².